The number of carbonyl (C=O) groups is 2. The van der Waals surface area contributed by atoms with Crippen molar-refractivity contribution in [1.82, 2.24) is 29.7 Å². The van der Waals surface area contributed by atoms with Gasteiger partial charge in [0.1, 0.15) is 23.3 Å². The van der Waals surface area contributed by atoms with Crippen LogP contribution in [-0.2, 0) is 22.4 Å². The van der Waals surface area contributed by atoms with E-state index >= 15 is 0 Å². The van der Waals surface area contributed by atoms with Crippen molar-refractivity contribution in [2.75, 3.05) is 13.1 Å². The monoisotopic (exact) mass is 748 g/mol. The highest BCUT2D eigenvalue weighted by Crippen LogP contribution is 2.35. The molecule has 2 amide bonds. The molecule has 2 aromatic heterocycles. The molecule has 0 spiro atoms. The van der Waals surface area contributed by atoms with E-state index in [4.69, 9.17) is 9.97 Å². The number of benzene rings is 5. The number of likely N-dealkylation sites (tertiary alicyclic amines) is 2. The van der Waals surface area contributed by atoms with Crippen LogP contribution in [-0.4, -0.2) is 54.6 Å². The molecule has 56 heavy (non-hydrogen) atoms. The summed E-state index contributed by atoms with van der Waals surface area (Å²) in [6.07, 6.45) is 4.75. The molecule has 5 aromatic carbocycles. The van der Waals surface area contributed by atoms with E-state index in [0.29, 0.717) is 37.1 Å². The Labute approximate surface area is 323 Å². The quantitative estimate of drug-likeness (QED) is 0.146. The summed E-state index contributed by atoms with van der Waals surface area (Å²) in [6, 6.07) is 33.9. The lowest BCUT2D eigenvalue weighted by Gasteiger charge is -2.23. The number of aryl methyl sites for hydroxylation is 2. The van der Waals surface area contributed by atoms with Crippen LogP contribution >= 0.6 is 0 Å². The molecule has 2 atom stereocenters. The van der Waals surface area contributed by atoms with E-state index in [1.165, 1.54) is 12.1 Å². The SMILES string of the molecule is O=C(CCc1ccccc1F)N1CCC[C@H]1c1nc2ccc(-c3ccc(-c4ccc5nc([C@@H]6CCCN6C(=O)CCc6ccccc6F)[nH]c5c4)cc3)cc2[nH]1. The molecule has 0 radical (unpaired) electrons. The predicted octanol–water partition coefficient (Wildman–Crippen LogP) is 9.64. The fraction of sp³-hybridized carbons (Fsp3) is 0.261. The van der Waals surface area contributed by atoms with E-state index in [1.54, 1.807) is 36.4 Å². The van der Waals surface area contributed by atoms with Gasteiger partial charge in [0, 0.05) is 25.9 Å². The van der Waals surface area contributed by atoms with E-state index in [1.807, 2.05) is 21.9 Å². The number of rotatable bonds is 10. The maximum absolute atomic E-state index is 14.2. The first-order valence-corrected chi connectivity index (χ1v) is 19.5. The maximum Gasteiger partial charge on any atom is 0.223 e. The number of imidazole rings is 2. The number of halogens is 2. The highest BCUT2D eigenvalue weighted by atomic mass is 19.1. The van der Waals surface area contributed by atoms with Gasteiger partial charge in [0.05, 0.1) is 34.2 Å². The molecule has 2 saturated heterocycles. The van der Waals surface area contributed by atoms with Crippen LogP contribution in [0, 0.1) is 11.6 Å². The van der Waals surface area contributed by atoms with Gasteiger partial charge in [-0.1, -0.05) is 72.8 Å². The summed E-state index contributed by atoms with van der Waals surface area (Å²) in [6.45, 7) is 1.34. The summed E-state index contributed by atoms with van der Waals surface area (Å²) < 4.78 is 28.3. The third-order valence-electron chi connectivity index (χ3n) is 11.5. The number of hydrogen-bond acceptors (Lipinski definition) is 4. The molecular formula is C46H42F2N6O2. The van der Waals surface area contributed by atoms with Crippen molar-refractivity contribution in [3.8, 4) is 22.3 Å². The highest BCUT2D eigenvalue weighted by Gasteiger charge is 2.33. The lowest BCUT2D eigenvalue weighted by molar-refractivity contribution is -0.133. The lowest BCUT2D eigenvalue weighted by atomic mass is 10.00. The van der Waals surface area contributed by atoms with Crippen LogP contribution in [0.2, 0.25) is 0 Å². The summed E-state index contributed by atoms with van der Waals surface area (Å²) in [5, 5.41) is 0. The third-order valence-corrected chi connectivity index (χ3v) is 11.5. The Hall–Kier alpha value is -6.16. The van der Waals surface area contributed by atoms with Crippen molar-refractivity contribution in [3.05, 3.63) is 144 Å². The minimum atomic E-state index is -0.273. The molecule has 2 aliphatic heterocycles. The number of hydrogen-bond donors (Lipinski definition) is 2. The van der Waals surface area contributed by atoms with Crippen LogP contribution in [0.3, 0.4) is 0 Å². The molecule has 2 fully saturated rings. The van der Waals surface area contributed by atoms with Crippen LogP contribution in [0.1, 0.15) is 73.4 Å². The summed E-state index contributed by atoms with van der Waals surface area (Å²) in [7, 11) is 0. The van der Waals surface area contributed by atoms with E-state index in [0.717, 1.165) is 81.7 Å². The van der Waals surface area contributed by atoms with E-state index < -0.39 is 0 Å². The van der Waals surface area contributed by atoms with Crippen LogP contribution < -0.4 is 0 Å². The van der Waals surface area contributed by atoms with Gasteiger partial charge in [-0.3, -0.25) is 9.59 Å². The topological polar surface area (TPSA) is 98.0 Å². The van der Waals surface area contributed by atoms with E-state index in [2.05, 4.69) is 58.5 Å². The zero-order valence-electron chi connectivity index (χ0n) is 31.0. The van der Waals surface area contributed by atoms with Crippen molar-refractivity contribution in [3.63, 3.8) is 0 Å². The smallest absolute Gasteiger partial charge is 0.223 e. The van der Waals surface area contributed by atoms with Crippen LogP contribution in [0.15, 0.2) is 109 Å². The van der Waals surface area contributed by atoms with Crippen molar-refractivity contribution in [2.24, 2.45) is 0 Å². The molecule has 7 aromatic rings. The van der Waals surface area contributed by atoms with Gasteiger partial charge in [0.15, 0.2) is 0 Å². The summed E-state index contributed by atoms with van der Waals surface area (Å²) >= 11 is 0. The van der Waals surface area contributed by atoms with Crippen LogP contribution in [0.4, 0.5) is 8.78 Å². The van der Waals surface area contributed by atoms with Crippen LogP contribution in [0.5, 0.6) is 0 Å². The van der Waals surface area contributed by atoms with Gasteiger partial charge >= 0.3 is 0 Å². The van der Waals surface area contributed by atoms with Crippen molar-refractivity contribution in [2.45, 2.75) is 63.5 Å². The Bertz CT molecular complexity index is 2380. The minimum Gasteiger partial charge on any atom is -0.340 e. The Morgan fingerprint density at radius 1 is 0.571 bits per heavy atom. The van der Waals surface area contributed by atoms with Crippen molar-refractivity contribution < 1.29 is 18.4 Å². The molecule has 2 N–H and O–H groups in total. The molecule has 10 heteroatoms. The van der Waals surface area contributed by atoms with Gasteiger partial charge in [-0.15, -0.1) is 0 Å². The lowest BCUT2D eigenvalue weighted by Crippen LogP contribution is -2.31. The van der Waals surface area contributed by atoms with E-state index in [9.17, 15) is 18.4 Å². The summed E-state index contributed by atoms with van der Waals surface area (Å²) in [5.74, 6) is 1.06. The first-order chi connectivity index (χ1) is 27.4. The third kappa shape index (κ3) is 7.07. The fourth-order valence-corrected chi connectivity index (χ4v) is 8.46. The average Bonchev–Trinajstić information content (AvgIpc) is 4.05. The number of carbonyl (C=O) groups excluding carboxylic acids is 2. The first kappa shape index (κ1) is 35.5. The van der Waals surface area contributed by atoms with Gasteiger partial charge in [-0.05, 0) is 108 Å². The maximum atomic E-state index is 14.2. The van der Waals surface area contributed by atoms with Gasteiger partial charge in [0.25, 0.3) is 0 Å². The molecule has 4 heterocycles. The largest absolute Gasteiger partial charge is 0.340 e. The predicted molar refractivity (Wildman–Crippen MR) is 213 cm³/mol. The number of aromatic nitrogens is 4. The Balaban J connectivity index is 0.871. The average molecular weight is 749 g/mol. The molecule has 0 bridgehead atoms. The fourth-order valence-electron chi connectivity index (χ4n) is 8.46. The Morgan fingerprint density at radius 3 is 1.41 bits per heavy atom. The number of fused-ring (bicyclic) bond motifs is 2. The zero-order valence-corrected chi connectivity index (χ0v) is 31.0. The molecule has 0 saturated carbocycles. The first-order valence-electron chi connectivity index (χ1n) is 19.5. The van der Waals surface area contributed by atoms with Gasteiger partial charge < -0.3 is 19.8 Å². The summed E-state index contributed by atoms with van der Waals surface area (Å²) in [5.41, 5.74) is 8.92. The molecule has 9 rings (SSSR count). The second-order valence-corrected chi connectivity index (χ2v) is 15.0. The Morgan fingerprint density at radius 2 is 0.982 bits per heavy atom. The number of aromatic amines is 2. The zero-order chi connectivity index (χ0) is 38.2. The molecular weight excluding hydrogens is 707 g/mol. The number of nitrogens with zero attached hydrogens (tertiary/aromatic N) is 4. The second kappa shape index (κ2) is 15.2. The molecule has 2 aliphatic rings. The molecule has 0 unspecified atom stereocenters. The second-order valence-electron chi connectivity index (χ2n) is 15.0. The molecule has 282 valence electrons. The van der Waals surface area contributed by atoms with Gasteiger partial charge in [-0.2, -0.15) is 0 Å². The summed E-state index contributed by atoms with van der Waals surface area (Å²) in [4.78, 5) is 47.1. The van der Waals surface area contributed by atoms with Crippen molar-refractivity contribution in [1.29, 1.82) is 0 Å². The van der Waals surface area contributed by atoms with Gasteiger partial charge in [-0.25, -0.2) is 18.7 Å². The van der Waals surface area contributed by atoms with E-state index in [-0.39, 0.29) is 48.4 Å². The Kier molecular flexibility index (Phi) is 9.63. The standard InChI is InChI=1S/C46H42F2N6O2/c47-35-9-3-1-7-31(35)19-23-43(55)53-25-5-11-41(53)45-49-37-21-17-33(27-39(37)51-45)29-13-15-30(16-14-29)34-18-22-38-40(28-34)52-46(50-38)42-12-6-26-54(42)44(56)24-20-32-8-2-4-10-36(32)48/h1-4,7-10,13-18,21-22,27-28,41-42H,5-6,11-12,19-20,23-26H2,(H,49,51)(H,50,52)/t41-,42-/m0/s1. The van der Waals surface area contributed by atoms with Crippen molar-refractivity contribution >= 4 is 33.9 Å². The van der Waals surface area contributed by atoms with Crippen LogP contribution in [0.25, 0.3) is 44.3 Å². The number of amides is 2. The number of nitrogens with one attached hydrogen (secondary N) is 2. The molecule has 0 aliphatic carbocycles. The molecule has 8 nitrogen and oxygen atoms in total. The number of H-pyrrole nitrogens is 2. The highest BCUT2D eigenvalue weighted by molar-refractivity contribution is 5.85. The normalized spacial score (nSPS) is 17.0. The van der Waals surface area contributed by atoms with Gasteiger partial charge in [0.2, 0.25) is 11.8 Å². The minimum absolute atomic E-state index is 0.0193.